The monoisotopic (exact) mass is 2080 g/mol. The van der Waals surface area contributed by atoms with Gasteiger partial charge < -0.3 is 37.1 Å². The Labute approximate surface area is 881 Å². The van der Waals surface area contributed by atoms with Crippen LogP contribution in [0.5, 0.6) is 11.5 Å². The van der Waals surface area contributed by atoms with Gasteiger partial charge in [0.25, 0.3) is 0 Å². The predicted molar refractivity (Wildman–Crippen MR) is 608 cm³/mol. The van der Waals surface area contributed by atoms with Crippen LogP contribution in [0.2, 0.25) is 0 Å². The normalized spacial score (nSPS) is 13.1. The minimum absolute atomic E-state index is 0.449. The van der Waals surface area contributed by atoms with Crippen molar-refractivity contribution in [2.24, 2.45) is 0 Å². The van der Waals surface area contributed by atoms with Crippen molar-refractivity contribution in [1.82, 2.24) is 29.9 Å². The fourth-order valence-corrected chi connectivity index (χ4v) is 33.2. The molecule has 16 nitrogen and oxygen atoms in total. The van der Waals surface area contributed by atoms with Crippen molar-refractivity contribution in [2.45, 2.75) is 49.0 Å². The highest BCUT2D eigenvalue weighted by Gasteiger charge is 2.43. The second-order valence-corrected chi connectivity index (χ2v) is 46.7. The van der Waals surface area contributed by atoms with Crippen LogP contribution in [0.3, 0.4) is 0 Å². The number of nitrogens with zero attached hydrogens (tertiary/aromatic N) is 11. The first-order valence-corrected chi connectivity index (χ1v) is 55.7. The van der Waals surface area contributed by atoms with Crippen LogP contribution >= 0.6 is 115 Å². The predicted octanol–water partition coefficient (Wildman–Crippen LogP) is 38.9. The molecular formula is C122H59N11O5S10. The van der Waals surface area contributed by atoms with E-state index >= 15 is 0 Å². The highest BCUT2D eigenvalue weighted by Crippen LogP contribution is 2.70. The van der Waals surface area contributed by atoms with Gasteiger partial charge in [-0.2, -0.15) is 5.26 Å². The maximum absolute atomic E-state index is 9.40. The van der Waals surface area contributed by atoms with Crippen molar-refractivity contribution in [3.63, 3.8) is 0 Å². The molecule has 148 heavy (non-hydrogen) atoms. The van der Waals surface area contributed by atoms with Crippen LogP contribution in [0.25, 0.3) is 208 Å². The Hall–Kier alpha value is -16.6. The second-order valence-electron chi connectivity index (χ2n) is 36.3. The molecule has 692 valence electrons. The fourth-order valence-electron chi connectivity index (χ4n) is 21.0. The zero-order chi connectivity index (χ0) is 96.9. The lowest BCUT2D eigenvalue weighted by Gasteiger charge is -2.39. The molecule has 0 unspecified atom stereocenters. The third-order valence-corrected chi connectivity index (χ3v) is 39.6. The van der Waals surface area contributed by atoms with E-state index in [1.165, 1.54) is 124 Å². The molecule has 0 bridgehead atoms. The summed E-state index contributed by atoms with van der Waals surface area (Å²) >= 11 is 17.9. The lowest BCUT2D eigenvalue weighted by Crippen LogP contribution is -2.20. The van der Waals surface area contributed by atoms with Crippen molar-refractivity contribution in [3.05, 3.63) is 375 Å². The Morgan fingerprint density at radius 3 is 1.51 bits per heavy atom. The first kappa shape index (κ1) is 84.7. The molecule has 0 atom stereocenters. The third-order valence-electron chi connectivity index (χ3n) is 27.8. The fraction of sp³-hybridized carbons (Fsp3) is 0. The number of ether oxygens (including phenoxy) is 1. The number of thiazole rings is 3. The molecule has 0 aliphatic carbocycles. The molecule has 28 aromatic rings. The number of hydrogen-bond donors (Lipinski definition) is 0. The van der Waals surface area contributed by atoms with Gasteiger partial charge in [0.2, 0.25) is 17.7 Å². The molecule has 0 spiro atoms. The van der Waals surface area contributed by atoms with Gasteiger partial charge in [-0.15, -0.1) is 56.7 Å². The van der Waals surface area contributed by atoms with E-state index in [1.54, 1.807) is 75.7 Å². The van der Waals surface area contributed by atoms with E-state index in [0.29, 0.717) is 45.8 Å². The summed E-state index contributed by atoms with van der Waals surface area (Å²) in [5.41, 5.74) is 28.6. The number of rotatable bonds is 7. The van der Waals surface area contributed by atoms with Crippen LogP contribution in [0.4, 0.5) is 56.9 Å². The first-order chi connectivity index (χ1) is 73.1. The van der Waals surface area contributed by atoms with Gasteiger partial charge in [-0.1, -0.05) is 210 Å². The molecule has 26 heteroatoms. The summed E-state index contributed by atoms with van der Waals surface area (Å²) in [6.45, 7) is 7.49. The summed E-state index contributed by atoms with van der Waals surface area (Å²) in [5, 5.41) is 19.7. The molecule has 6 aliphatic heterocycles. The number of nitriles is 1. The van der Waals surface area contributed by atoms with Crippen LogP contribution in [0.15, 0.2) is 425 Å². The summed E-state index contributed by atoms with van der Waals surface area (Å²) in [5.74, 6) is 3.13. The topological polar surface area (TPSA) is 177 Å². The van der Waals surface area contributed by atoms with E-state index < -0.39 is 0 Å². The molecule has 15 heterocycles. The smallest absolute Gasteiger partial charge is 0.228 e. The molecule has 6 aliphatic rings. The summed E-state index contributed by atoms with van der Waals surface area (Å²) in [6, 6.07) is 126. The van der Waals surface area contributed by atoms with Gasteiger partial charge >= 0.3 is 0 Å². The van der Waals surface area contributed by atoms with E-state index in [4.69, 9.17) is 58.9 Å². The van der Waals surface area contributed by atoms with E-state index in [-0.39, 0.29) is 0 Å². The highest BCUT2D eigenvalue weighted by molar-refractivity contribution is 8.02. The van der Waals surface area contributed by atoms with Crippen LogP contribution in [0, 0.1) is 17.9 Å². The number of anilines is 9. The van der Waals surface area contributed by atoms with E-state index in [9.17, 15) is 5.26 Å². The molecule has 0 amide bonds. The van der Waals surface area contributed by atoms with Gasteiger partial charge in [0.1, 0.15) is 42.8 Å². The summed E-state index contributed by atoms with van der Waals surface area (Å²) < 4.78 is 40.6. The number of fused-ring (bicyclic) bond motifs is 30. The molecule has 0 saturated heterocycles. The lowest BCUT2D eigenvalue weighted by molar-refractivity contribution is 0.475. The molecule has 19 aromatic carbocycles. The van der Waals surface area contributed by atoms with Crippen LogP contribution in [-0.2, 0) is 0 Å². The van der Waals surface area contributed by atoms with Crippen molar-refractivity contribution >= 4 is 299 Å². The maximum atomic E-state index is 9.40. The summed E-state index contributed by atoms with van der Waals surface area (Å²) in [7, 11) is 0. The van der Waals surface area contributed by atoms with Gasteiger partial charge in [-0.25, -0.2) is 34.7 Å². The Kier molecular flexibility index (Phi) is 18.9. The van der Waals surface area contributed by atoms with E-state index in [0.717, 1.165) is 156 Å². The molecule has 0 radical (unpaired) electrons. The van der Waals surface area contributed by atoms with Gasteiger partial charge in [-0.05, 0) is 211 Å². The minimum atomic E-state index is 0.449. The van der Waals surface area contributed by atoms with Gasteiger partial charge in [-0.3, -0.25) is 0 Å². The van der Waals surface area contributed by atoms with Gasteiger partial charge in [0.05, 0.1) is 129 Å². The number of furan rings is 1. The van der Waals surface area contributed by atoms with Crippen molar-refractivity contribution in [1.29, 1.82) is 5.26 Å². The van der Waals surface area contributed by atoms with Crippen LogP contribution in [-0.4, -0.2) is 29.9 Å². The first-order valence-electron chi connectivity index (χ1n) is 47.5. The third kappa shape index (κ3) is 13.2. The Balaban J connectivity index is 0.0000000986. The van der Waals surface area contributed by atoms with Gasteiger partial charge in [0, 0.05) is 105 Å². The average Bonchev–Trinajstić information content (AvgIpc) is 1.50. The largest absolute Gasteiger partial charge is 0.455 e. The Morgan fingerprint density at radius 1 is 0.270 bits per heavy atom. The number of oxazole rings is 3. The number of aromatic nitrogens is 6. The number of hydrogen-bond acceptors (Lipinski definition) is 25. The van der Waals surface area contributed by atoms with Crippen molar-refractivity contribution in [3.8, 4) is 94.8 Å². The average molecular weight is 2080 g/mol. The Morgan fingerprint density at radius 2 is 0.784 bits per heavy atom. The summed E-state index contributed by atoms with van der Waals surface area (Å²) in [4.78, 5) is 52.5. The molecule has 34 rings (SSSR count). The van der Waals surface area contributed by atoms with E-state index in [2.05, 4.69) is 256 Å². The highest BCUT2D eigenvalue weighted by atomic mass is 32.2. The zero-order valence-electron chi connectivity index (χ0n) is 76.6. The minimum Gasteiger partial charge on any atom is -0.455 e. The molecule has 9 aromatic heterocycles. The van der Waals surface area contributed by atoms with Crippen LogP contribution in [0.1, 0.15) is 5.56 Å². The maximum Gasteiger partial charge on any atom is 0.228 e. The van der Waals surface area contributed by atoms with Crippen molar-refractivity contribution < 1.29 is 22.4 Å². The van der Waals surface area contributed by atoms with E-state index in [1.807, 2.05) is 167 Å². The molecule has 0 N–H and O–H groups in total. The second kappa shape index (κ2) is 33.0. The molecule has 0 saturated carbocycles. The number of para-hydroxylation sites is 7. The number of thiophene rings is 2. The quantitative estimate of drug-likeness (QED) is 0.138. The SMILES string of the molecule is [C-]#[N+]c1ccc2nc(-c3ccc4c5c3Sc3c(ccc6c3oc3ccccc36)N5c3cc(-c5nc6ccc(C#N)cc6o5)ccc3O4)sc2c1.c1cc(-c2nc3ccccc3s2)c2c(c1)N1c3ccc4c(sc5ccccc54)c3Sc3ccc(-c4nc5ccccc5s4)c(c31)S2.c1ccc(-c2ccc3sc4c5c(ccc4c3c2)N2c3ccc(-c4nc6ccccc6o4)cc3Sc3ccc(-c4nc6ccccc6o4)c(c32)S5)cc1. The summed E-state index contributed by atoms with van der Waals surface area (Å²) in [6.07, 6.45) is 0. The zero-order valence-corrected chi connectivity index (χ0v) is 84.8. The van der Waals surface area contributed by atoms with Crippen molar-refractivity contribution in [2.75, 3.05) is 14.7 Å². The van der Waals surface area contributed by atoms with Crippen LogP contribution < -0.4 is 19.4 Å². The van der Waals surface area contributed by atoms with Gasteiger partial charge in [0.15, 0.2) is 39.5 Å². The Bertz CT molecular complexity index is 10700. The number of benzene rings is 19. The lowest BCUT2D eigenvalue weighted by atomic mass is 10.0. The molecule has 0 fully saturated rings. The standard InChI is InChI=1S/C44H23N3O2S3.C40H17N5O3S2.C38H19N3S5/c1-2-8-24(9-3-1)25-15-20-36-29(22-25)27-16-19-33-42(41(27)51-36)52-40-28(44-46-31-11-5-7-13-35(31)49-44)17-21-37-39(40)47(33)32-18-14-26(23-38(32)50-37)43-45-30-10-4-6-12-34(30)48-43;1-42-22-8-12-27-34(18-22)49-40(44-27)25-10-15-32-35-37(25)50-38-28(13-9-24-23-4-2-3-5-30(23)47-36(24)38)45(35)29-17-21(7-14-31(29)46-32)39-43-26-11-6-20(19-41)16-33(26)48-39;1-4-13-28-20(8-1)21-16-18-27-36(35(21)42-28)43-31-19-17-23(38-40-25-11-3-6-15-30(25)45-38)34-32(31)41(27)26-12-7-9-22(33(26)46-34)37-39-24-10-2-5-14-29(24)44-37/h1-23H;2-18H;1-19H. The molecular weight excluding hydrogens is 2020 g/mol.